The fraction of sp³-hybridized carbons (Fsp3) is 0.200. The first-order valence-corrected chi connectivity index (χ1v) is 7.53. The average molecular weight is 360 g/mol. The predicted molar refractivity (Wildman–Crippen MR) is 84.4 cm³/mol. The maximum Gasteiger partial charge on any atom is 0.156 e. The molecule has 0 radical (unpaired) electrons. The second-order valence-corrected chi connectivity index (χ2v) is 5.86. The van der Waals surface area contributed by atoms with Crippen LogP contribution in [0.5, 0.6) is 5.75 Å². The number of hydrogen-bond donors (Lipinski definition) is 0. The maximum absolute atomic E-state index is 6.03. The Bertz CT molecular complexity index is 537. The summed E-state index contributed by atoms with van der Waals surface area (Å²) in [6, 6.07) is 13.6. The van der Waals surface area contributed by atoms with E-state index in [2.05, 4.69) is 28.1 Å². The van der Waals surface area contributed by atoms with Gasteiger partial charge < -0.3 is 4.74 Å². The summed E-state index contributed by atoms with van der Waals surface area (Å²) in [5.74, 6) is 0.570. The van der Waals surface area contributed by atoms with Gasteiger partial charge in [-0.1, -0.05) is 57.3 Å². The molecule has 1 nitrogen and oxygen atoms in total. The molecule has 19 heavy (non-hydrogen) atoms. The van der Waals surface area contributed by atoms with Crippen LogP contribution in [0.15, 0.2) is 46.9 Å². The molecule has 0 aliphatic carbocycles. The second-order valence-electron chi connectivity index (χ2n) is 4.13. The standard InChI is InChI=1S/C15H13BrCl2O/c16-12-6-1-4-11(10-12)5-3-9-19-15-13(17)7-2-8-14(15)18/h1-2,4,6-8,10H,3,5,9H2. The number of halogens is 3. The molecule has 0 aliphatic heterocycles. The molecule has 0 unspecified atom stereocenters. The van der Waals surface area contributed by atoms with Gasteiger partial charge in [-0.05, 0) is 42.7 Å². The zero-order chi connectivity index (χ0) is 13.7. The highest BCUT2D eigenvalue weighted by Gasteiger charge is 2.06. The maximum atomic E-state index is 6.03. The molecule has 0 N–H and O–H groups in total. The van der Waals surface area contributed by atoms with Crippen molar-refractivity contribution in [2.75, 3.05) is 6.61 Å². The number of hydrogen-bond acceptors (Lipinski definition) is 1. The zero-order valence-corrected chi connectivity index (χ0v) is 13.3. The van der Waals surface area contributed by atoms with Crippen LogP contribution in [0.3, 0.4) is 0 Å². The van der Waals surface area contributed by atoms with Gasteiger partial charge in [-0.25, -0.2) is 0 Å². The van der Waals surface area contributed by atoms with Gasteiger partial charge in [-0.2, -0.15) is 0 Å². The lowest BCUT2D eigenvalue weighted by atomic mass is 10.1. The van der Waals surface area contributed by atoms with E-state index in [1.807, 2.05) is 12.1 Å². The van der Waals surface area contributed by atoms with Crippen LogP contribution in [0.25, 0.3) is 0 Å². The molecule has 0 atom stereocenters. The van der Waals surface area contributed by atoms with Gasteiger partial charge >= 0.3 is 0 Å². The summed E-state index contributed by atoms with van der Waals surface area (Å²) in [4.78, 5) is 0. The van der Waals surface area contributed by atoms with E-state index >= 15 is 0 Å². The lowest BCUT2D eigenvalue weighted by Gasteiger charge is -2.09. The number of benzene rings is 2. The summed E-state index contributed by atoms with van der Waals surface area (Å²) in [5, 5.41) is 1.10. The molecule has 0 bridgehead atoms. The van der Waals surface area contributed by atoms with Gasteiger partial charge in [0.2, 0.25) is 0 Å². The van der Waals surface area contributed by atoms with Crippen LogP contribution in [0.4, 0.5) is 0 Å². The highest BCUT2D eigenvalue weighted by atomic mass is 79.9. The minimum atomic E-state index is 0.551. The lowest BCUT2D eigenvalue weighted by molar-refractivity contribution is 0.311. The molecule has 0 saturated heterocycles. The van der Waals surface area contributed by atoms with Crippen molar-refractivity contribution in [1.82, 2.24) is 0 Å². The van der Waals surface area contributed by atoms with Gasteiger partial charge in [0.05, 0.1) is 16.7 Å². The van der Waals surface area contributed by atoms with E-state index in [-0.39, 0.29) is 0 Å². The predicted octanol–water partition coefficient (Wildman–Crippen LogP) is 5.77. The number of aryl methyl sites for hydroxylation is 1. The van der Waals surface area contributed by atoms with E-state index in [9.17, 15) is 0 Å². The van der Waals surface area contributed by atoms with E-state index in [0.717, 1.165) is 17.3 Å². The fourth-order valence-electron chi connectivity index (χ4n) is 1.76. The van der Waals surface area contributed by atoms with E-state index in [1.165, 1.54) is 5.56 Å². The molecule has 2 aromatic carbocycles. The third-order valence-corrected chi connectivity index (χ3v) is 3.75. The summed E-state index contributed by atoms with van der Waals surface area (Å²) >= 11 is 15.5. The van der Waals surface area contributed by atoms with Gasteiger partial charge in [-0.3, -0.25) is 0 Å². The topological polar surface area (TPSA) is 9.23 Å². The summed E-state index contributed by atoms with van der Waals surface area (Å²) in [5.41, 5.74) is 1.28. The van der Waals surface area contributed by atoms with Crippen LogP contribution >= 0.6 is 39.1 Å². The first-order chi connectivity index (χ1) is 9.16. The van der Waals surface area contributed by atoms with E-state index in [4.69, 9.17) is 27.9 Å². The van der Waals surface area contributed by atoms with E-state index in [1.54, 1.807) is 18.2 Å². The van der Waals surface area contributed by atoms with Crippen molar-refractivity contribution in [3.63, 3.8) is 0 Å². The smallest absolute Gasteiger partial charge is 0.156 e. The Morgan fingerprint density at radius 2 is 1.68 bits per heavy atom. The molecular formula is C15H13BrCl2O. The molecule has 0 aromatic heterocycles. The van der Waals surface area contributed by atoms with Crippen LogP contribution in [-0.4, -0.2) is 6.61 Å². The molecule has 0 amide bonds. The summed E-state index contributed by atoms with van der Waals surface area (Å²) in [7, 11) is 0. The summed E-state index contributed by atoms with van der Waals surface area (Å²) < 4.78 is 6.74. The van der Waals surface area contributed by atoms with Gasteiger partial charge in [0.1, 0.15) is 0 Å². The zero-order valence-electron chi connectivity index (χ0n) is 10.2. The van der Waals surface area contributed by atoms with Crippen molar-refractivity contribution in [1.29, 1.82) is 0 Å². The summed E-state index contributed by atoms with van der Waals surface area (Å²) in [6.07, 6.45) is 1.87. The van der Waals surface area contributed by atoms with Gasteiger partial charge in [0.15, 0.2) is 5.75 Å². The van der Waals surface area contributed by atoms with Crippen molar-refractivity contribution in [3.05, 3.63) is 62.5 Å². The monoisotopic (exact) mass is 358 g/mol. The Labute approximate surface area is 131 Å². The van der Waals surface area contributed by atoms with Crippen molar-refractivity contribution in [3.8, 4) is 5.75 Å². The minimum absolute atomic E-state index is 0.551. The largest absolute Gasteiger partial charge is 0.490 e. The molecule has 100 valence electrons. The Morgan fingerprint density at radius 3 is 2.37 bits per heavy atom. The van der Waals surface area contributed by atoms with Crippen molar-refractivity contribution < 1.29 is 4.74 Å². The Balaban J connectivity index is 1.84. The second kappa shape index (κ2) is 7.18. The van der Waals surface area contributed by atoms with Crippen molar-refractivity contribution in [2.45, 2.75) is 12.8 Å². The van der Waals surface area contributed by atoms with Gasteiger partial charge in [-0.15, -0.1) is 0 Å². The van der Waals surface area contributed by atoms with Crippen molar-refractivity contribution in [2.24, 2.45) is 0 Å². The average Bonchev–Trinajstić information content (AvgIpc) is 2.37. The molecule has 0 spiro atoms. The SMILES string of the molecule is Clc1cccc(Cl)c1OCCCc1cccc(Br)c1. The molecule has 0 fully saturated rings. The van der Waals surface area contributed by atoms with Gasteiger partial charge in [0.25, 0.3) is 0 Å². The fourth-order valence-corrected chi connectivity index (χ4v) is 2.72. The molecular weight excluding hydrogens is 347 g/mol. The third-order valence-electron chi connectivity index (χ3n) is 2.66. The molecule has 0 saturated carbocycles. The van der Waals surface area contributed by atoms with Crippen LogP contribution in [-0.2, 0) is 6.42 Å². The van der Waals surface area contributed by atoms with Crippen LogP contribution < -0.4 is 4.74 Å². The first-order valence-electron chi connectivity index (χ1n) is 5.98. The molecule has 4 heteroatoms. The minimum Gasteiger partial charge on any atom is -0.490 e. The van der Waals surface area contributed by atoms with Crippen LogP contribution in [0.2, 0.25) is 10.0 Å². The van der Waals surface area contributed by atoms with E-state index in [0.29, 0.717) is 22.4 Å². The summed E-state index contributed by atoms with van der Waals surface area (Å²) in [6.45, 7) is 0.593. The van der Waals surface area contributed by atoms with Crippen LogP contribution in [0.1, 0.15) is 12.0 Å². The Kier molecular flexibility index (Phi) is 5.56. The molecule has 0 heterocycles. The quantitative estimate of drug-likeness (QED) is 0.616. The Morgan fingerprint density at radius 1 is 1.00 bits per heavy atom. The lowest BCUT2D eigenvalue weighted by Crippen LogP contribution is -2.00. The molecule has 2 rings (SSSR count). The number of ether oxygens (including phenoxy) is 1. The van der Waals surface area contributed by atoms with Crippen LogP contribution in [0, 0.1) is 0 Å². The normalized spacial score (nSPS) is 10.5. The van der Waals surface area contributed by atoms with Crippen molar-refractivity contribution >= 4 is 39.1 Å². The third kappa shape index (κ3) is 4.41. The highest BCUT2D eigenvalue weighted by Crippen LogP contribution is 2.32. The Hall–Kier alpha value is -0.700. The van der Waals surface area contributed by atoms with E-state index < -0.39 is 0 Å². The number of rotatable bonds is 5. The first kappa shape index (κ1) is 14.7. The molecule has 0 aliphatic rings. The van der Waals surface area contributed by atoms with Gasteiger partial charge in [0, 0.05) is 4.47 Å². The molecule has 2 aromatic rings. The highest BCUT2D eigenvalue weighted by molar-refractivity contribution is 9.10. The number of para-hydroxylation sites is 1.